The zero-order valence-corrected chi connectivity index (χ0v) is 17.5. The van der Waals surface area contributed by atoms with Crippen LogP contribution in [-0.2, 0) is 4.74 Å². The molecule has 1 aromatic heterocycles. The van der Waals surface area contributed by atoms with Gasteiger partial charge in [0.2, 0.25) is 0 Å². The van der Waals surface area contributed by atoms with Crippen molar-refractivity contribution in [3.63, 3.8) is 0 Å². The summed E-state index contributed by atoms with van der Waals surface area (Å²) < 4.78 is 11.3. The smallest absolute Gasteiger partial charge is 0.289 e. The topological polar surface area (TPSA) is 70.3 Å². The van der Waals surface area contributed by atoms with Gasteiger partial charge in [0.15, 0.2) is 11.7 Å². The van der Waals surface area contributed by atoms with Crippen LogP contribution in [-0.4, -0.2) is 67.5 Å². The number of rotatable bonds is 5. The fraction of sp³-hybridized carbons (Fsp3) is 0.478. The molecule has 1 aromatic carbocycles. The fourth-order valence-corrected chi connectivity index (χ4v) is 4.14. The second-order valence-corrected chi connectivity index (χ2v) is 7.70. The Morgan fingerprint density at radius 2 is 1.87 bits per heavy atom. The van der Waals surface area contributed by atoms with Crippen LogP contribution in [0.2, 0.25) is 0 Å². The SMILES string of the molecule is CCNC(=NCC1CCOC1c1ccccc1)N1CCN(C(=O)c2ccco2)CC1. The summed E-state index contributed by atoms with van der Waals surface area (Å²) in [7, 11) is 0. The van der Waals surface area contributed by atoms with Crippen LogP contribution in [0.25, 0.3) is 0 Å². The number of hydrogen-bond acceptors (Lipinski definition) is 4. The standard InChI is InChI=1S/C23H30N4O3/c1-2-24-23(25-17-19-10-16-30-21(19)18-7-4-3-5-8-18)27-13-11-26(12-14-27)22(28)20-9-6-15-29-20/h3-9,15,19,21H,2,10-14,16-17H2,1H3,(H,24,25). The molecule has 160 valence electrons. The molecular weight excluding hydrogens is 380 g/mol. The Hall–Kier alpha value is -2.80. The maximum atomic E-state index is 12.5. The van der Waals surface area contributed by atoms with Crippen LogP contribution in [0.5, 0.6) is 0 Å². The molecule has 2 aliphatic rings. The van der Waals surface area contributed by atoms with Gasteiger partial charge in [0, 0.05) is 51.8 Å². The van der Waals surface area contributed by atoms with E-state index in [2.05, 4.69) is 41.4 Å². The van der Waals surface area contributed by atoms with E-state index in [9.17, 15) is 4.79 Å². The minimum atomic E-state index is -0.0459. The zero-order valence-electron chi connectivity index (χ0n) is 17.5. The number of carbonyl (C=O) groups excluding carboxylic acids is 1. The highest BCUT2D eigenvalue weighted by molar-refractivity contribution is 5.91. The summed E-state index contributed by atoms with van der Waals surface area (Å²) in [6.07, 6.45) is 2.67. The number of benzene rings is 1. The van der Waals surface area contributed by atoms with Gasteiger partial charge in [0.25, 0.3) is 5.91 Å². The lowest BCUT2D eigenvalue weighted by Gasteiger charge is -2.36. The van der Waals surface area contributed by atoms with Crippen molar-refractivity contribution in [3.8, 4) is 0 Å². The van der Waals surface area contributed by atoms with E-state index in [-0.39, 0.29) is 12.0 Å². The van der Waals surface area contributed by atoms with Crippen molar-refractivity contribution in [2.45, 2.75) is 19.4 Å². The maximum Gasteiger partial charge on any atom is 0.289 e. The van der Waals surface area contributed by atoms with Gasteiger partial charge in [-0.15, -0.1) is 0 Å². The lowest BCUT2D eigenvalue weighted by molar-refractivity contribution is 0.0657. The molecule has 2 unspecified atom stereocenters. The van der Waals surface area contributed by atoms with Crippen LogP contribution >= 0.6 is 0 Å². The van der Waals surface area contributed by atoms with Crippen molar-refractivity contribution in [3.05, 3.63) is 60.1 Å². The van der Waals surface area contributed by atoms with Gasteiger partial charge in [0.05, 0.1) is 12.4 Å². The van der Waals surface area contributed by atoms with Crippen LogP contribution in [0.1, 0.15) is 35.6 Å². The first-order valence-corrected chi connectivity index (χ1v) is 10.8. The average Bonchev–Trinajstić information content (AvgIpc) is 3.49. The maximum absolute atomic E-state index is 12.5. The van der Waals surface area contributed by atoms with Crippen molar-refractivity contribution >= 4 is 11.9 Å². The van der Waals surface area contributed by atoms with E-state index in [4.69, 9.17) is 14.1 Å². The predicted molar refractivity (Wildman–Crippen MR) is 115 cm³/mol. The van der Waals surface area contributed by atoms with Crippen molar-refractivity contribution in [1.82, 2.24) is 15.1 Å². The van der Waals surface area contributed by atoms with Gasteiger partial charge in [-0.3, -0.25) is 9.79 Å². The summed E-state index contributed by atoms with van der Waals surface area (Å²) >= 11 is 0. The third kappa shape index (κ3) is 4.67. The molecule has 7 nitrogen and oxygen atoms in total. The highest BCUT2D eigenvalue weighted by atomic mass is 16.5. The molecule has 3 heterocycles. The third-order valence-electron chi connectivity index (χ3n) is 5.75. The van der Waals surface area contributed by atoms with Gasteiger partial charge in [-0.05, 0) is 31.0 Å². The number of hydrogen-bond donors (Lipinski definition) is 1. The Kier molecular flexibility index (Phi) is 6.69. The molecule has 1 amide bonds. The second kappa shape index (κ2) is 9.80. The number of furan rings is 1. The molecule has 2 aromatic rings. The Bertz CT molecular complexity index is 829. The lowest BCUT2D eigenvalue weighted by atomic mass is 9.95. The van der Waals surface area contributed by atoms with Crippen LogP contribution in [0.15, 0.2) is 58.1 Å². The normalized spacial score (nSPS) is 22.4. The molecular formula is C23H30N4O3. The third-order valence-corrected chi connectivity index (χ3v) is 5.75. The largest absolute Gasteiger partial charge is 0.459 e. The van der Waals surface area contributed by atoms with E-state index in [1.165, 1.54) is 11.8 Å². The molecule has 2 fully saturated rings. The summed E-state index contributed by atoms with van der Waals surface area (Å²) in [5, 5.41) is 3.42. The molecule has 0 saturated carbocycles. The summed E-state index contributed by atoms with van der Waals surface area (Å²) in [6, 6.07) is 13.9. The molecule has 0 aliphatic carbocycles. The van der Waals surface area contributed by atoms with Crippen LogP contribution in [0.3, 0.4) is 0 Å². The predicted octanol–water partition coefficient (Wildman–Crippen LogP) is 2.78. The van der Waals surface area contributed by atoms with Gasteiger partial charge >= 0.3 is 0 Å². The first kappa shape index (κ1) is 20.5. The van der Waals surface area contributed by atoms with E-state index in [1.807, 2.05) is 11.0 Å². The summed E-state index contributed by atoms with van der Waals surface area (Å²) in [5.74, 6) is 1.65. The van der Waals surface area contributed by atoms with Gasteiger partial charge in [-0.2, -0.15) is 0 Å². The first-order chi connectivity index (χ1) is 14.8. The molecule has 2 aliphatic heterocycles. The number of guanidine groups is 1. The fourth-order valence-electron chi connectivity index (χ4n) is 4.14. The molecule has 0 radical (unpaired) electrons. The number of nitrogens with one attached hydrogen (secondary N) is 1. The van der Waals surface area contributed by atoms with Gasteiger partial charge in [-0.1, -0.05) is 30.3 Å². The van der Waals surface area contributed by atoms with Crippen molar-refractivity contribution in [1.29, 1.82) is 0 Å². The van der Waals surface area contributed by atoms with E-state index < -0.39 is 0 Å². The van der Waals surface area contributed by atoms with Crippen LogP contribution in [0, 0.1) is 5.92 Å². The summed E-state index contributed by atoms with van der Waals surface area (Å²) in [5.41, 5.74) is 1.23. The number of amides is 1. The minimum Gasteiger partial charge on any atom is -0.459 e. The quantitative estimate of drug-likeness (QED) is 0.606. The summed E-state index contributed by atoms with van der Waals surface area (Å²) in [4.78, 5) is 21.5. The number of piperazine rings is 1. The number of aliphatic imine (C=N–C) groups is 1. The monoisotopic (exact) mass is 410 g/mol. The van der Waals surface area contributed by atoms with Crippen molar-refractivity contribution in [2.24, 2.45) is 10.9 Å². The van der Waals surface area contributed by atoms with E-state index >= 15 is 0 Å². The summed E-state index contributed by atoms with van der Waals surface area (Å²) in [6.45, 7) is 7.22. The molecule has 30 heavy (non-hydrogen) atoms. The Labute approximate surface area is 177 Å². The molecule has 2 saturated heterocycles. The van der Waals surface area contributed by atoms with Gasteiger partial charge in [0.1, 0.15) is 0 Å². The highest BCUT2D eigenvalue weighted by Gasteiger charge is 2.30. The van der Waals surface area contributed by atoms with Crippen molar-refractivity contribution < 1.29 is 13.9 Å². The molecule has 7 heteroatoms. The van der Waals surface area contributed by atoms with E-state index in [0.717, 1.165) is 45.2 Å². The number of nitrogens with zero attached hydrogens (tertiary/aromatic N) is 3. The van der Waals surface area contributed by atoms with Gasteiger partial charge < -0.3 is 24.3 Å². The average molecular weight is 411 g/mol. The minimum absolute atomic E-state index is 0.0459. The van der Waals surface area contributed by atoms with Crippen LogP contribution in [0.4, 0.5) is 0 Å². The van der Waals surface area contributed by atoms with E-state index in [0.29, 0.717) is 24.8 Å². The van der Waals surface area contributed by atoms with E-state index in [1.54, 1.807) is 12.1 Å². The highest BCUT2D eigenvalue weighted by Crippen LogP contribution is 2.34. The Balaban J connectivity index is 1.37. The van der Waals surface area contributed by atoms with Gasteiger partial charge in [-0.25, -0.2) is 0 Å². The lowest BCUT2D eigenvalue weighted by Crippen LogP contribution is -2.53. The Morgan fingerprint density at radius 3 is 2.57 bits per heavy atom. The van der Waals surface area contributed by atoms with Crippen LogP contribution < -0.4 is 5.32 Å². The first-order valence-electron chi connectivity index (χ1n) is 10.8. The number of carbonyl (C=O) groups is 1. The number of ether oxygens (including phenoxy) is 1. The zero-order chi connectivity index (χ0) is 20.8. The molecule has 0 bridgehead atoms. The molecule has 1 N–H and O–H groups in total. The molecule has 0 spiro atoms. The Morgan fingerprint density at radius 1 is 1.10 bits per heavy atom. The van der Waals surface area contributed by atoms with Crippen molar-refractivity contribution in [2.75, 3.05) is 45.9 Å². The molecule has 2 atom stereocenters. The second-order valence-electron chi connectivity index (χ2n) is 7.70. The molecule has 4 rings (SSSR count).